The van der Waals surface area contributed by atoms with Gasteiger partial charge in [0.2, 0.25) is 11.9 Å². The number of rotatable bonds is 18. The Bertz CT molecular complexity index is 2830. The number of nitrogens with two attached hydrogens (primary N) is 1. The maximum Gasteiger partial charge on any atom is 0.439 e. The molecular formula is C43H46Cl2F2N16O3. The van der Waals surface area contributed by atoms with Gasteiger partial charge in [-0.1, -0.05) is 33.5 Å². The molecule has 8 N–H and O–H groups in total. The fourth-order valence-corrected chi connectivity index (χ4v) is 6.40. The lowest BCUT2D eigenvalue weighted by Crippen LogP contribution is -2.17. The van der Waals surface area contributed by atoms with Gasteiger partial charge in [0.05, 0.1) is 10.0 Å². The Labute approximate surface area is 387 Å². The molecule has 0 saturated carbocycles. The molecule has 7 rings (SSSR count). The molecule has 0 aliphatic rings. The fourth-order valence-electron chi connectivity index (χ4n) is 6.04. The smallest absolute Gasteiger partial charge is 0.409 e. The summed E-state index contributed by atoms with van der Waals surface area (Å²) in [5.74, 6) is 0.341. The van der Waals surface area contributed by atoms with Gasteiger partial charge in [0, 0.05) is 95.0 Å². The van der Waals surface area contributed by atoms with Gasteiger partial charge in [-0.25, -0.2) is 23.5 Å². The number of aromatic amines is 1. The van der Waals surface area contributed by atoms with Crippen LogP contribution in [0.3, 0.4) is 0 Å². The third-order valence-electron chi connectivity index (χ3n) is 9.29. The fraction of sp³-hybridized carbons (Fsp3) is 0.233. The minimum absolute atomic E-state index is 0.000297. The SMILES string of the molecule is CN(C)CCCNc1nc(Nc2ccc(F)c(Cl)c2)ncc1-c1cncc(-c2noc(=O)[nH]2)c1.CN(C)CCCNc1nc(Nc2ccc(F)c(Cl)c2)ncc1-c1cncc(/C(N)=N/O)c1. The molecule has 0 fully saturated rings. The summed E-state index contributed by atoms with van der Waals surface area (Å²) >= 11 is 11.7. The van der Waals surface area contributed by atoms with E-state index in [1.165, 1.54) is 30.5 Å². The molecule has 0 saturated heterocycles. The van der Waals surface area contributed by atoms with Crippen LogP contribution in [-0.4, -0.2) is 115 Å². The molecule has 0 bridgehead atoms. The first-order chi connectivity index (χ1) is 31.8. The summed E-state index contributed by atoms with van der Waals surface area (Å²) in [4.78, 5) is 44.4. The molecule has 0 aliphatic heterocycles. The standard InChI is InChI=1S/C22H22ClFN8O2.C21H24ClFN8O/c1-32(2)7-3-6-26-20-16(13-8-14(11-25-10-13)19-30-22(33)34-31-19)12-27-21(29-20)28-15-4-5-18(24)17(23)9-15;1-31(2)7-3-6-26-20-16(13-8-14(11-25-10-13)19(24)30-32)12-27-21(29-20)28-15-4-5-18(23)17(22)9-15/h4-5,8-12H,3,6-7H2,1-2H3,(H,30,31,33)(H2,26,27,28,29);4-5,8-12,32H,3,6-7H2,1-2H3,(H2,24,30)(H2,26,27,28,29). The van der Waals surface area contributed by atoms with Crippen LogP contribution in [0.4, 0.5) is 43.7 Å². The highest BCUT2D eigenvalue weighted by Gasteiger charge is 2.15. The van der Waals surface area contributed by atoms with E-state index in [9.17, 15) is 13.6 Å². The van der Waals surface area contributed by atoms with E-state index in [-0.39, 0.29) is 21.7 Å². The van der Waals surface area contributed by atoms with Crippen molar-refractivity contribution in [2.24, 2.45) is 10.9 Å². The van der Waals surface area contributed by atoms with Gasteiger partial charge in [0.15, 0.2) is 11.7 Å². The monoisotopic (exact) mass is 942 g/mol. The minimum Gasteiger partial charge on any atom is -0.409 e. The van der Waals surface area contributed by atoms with Gasteiger partial charge in [-0.2, -0.15) is 9.97 Å². The van der Waals surface area contributed by atoms with E-state index >= 15 is 0 Å². The maximum atomic E-state index is 13.5. The van der Waals surface area contributed by atoms with Gasteiger partial charge >= 0.3 is 5.76 Å². The number of aromatic nitrogens is 8. The van der Waals surface area contributed by atoms with Gasteiger partial charge < -0.3 is 42.0 Å². The Morgan fingerprint density at radius 1 is 0.742 bits per heavy atom. The Morgan fingerprint density at radius 3 is 1.71 bits per heavy atom. The number of oxime groups is 1. The zero-order valence-electron chi connectivity index (χ0n) is 36.2. The third-order valence-corrected chi connectivity index (χ3v) is 9.87. The molecule has 7 aromatic rings. The lowest BCUT2D eigenvalue weighted by Gasteiger charge is -2.15. The van der Waals surface area contributed by atoms with E-state index in [2.05, 4.69) is 80.8 Å². The van der Waals surface area contributed by atoms with Crippen LogP contribution in [0.1, 0.15) is 18.4 Å². The van der Waals surface area contributed by atoms with Crippen molar-refractivity contribution < 1.29 is 18.5 Å². The number of hydrogen-bond donors (Lipinski definition) is 7. The van der Waals surface area contributed by atoms with Gasteiger partial charge in [-0.15, -0.1) is 0 Å². The summed E-state index contributed by atoms with van der Waals surface area (Å²) < 4.78 is 31.5. The molecule has 66 heavy (non-hydrogen) atoms. The van der Waals surface area contributed by atoms with Crippen LogP contribution in [0.25, 0.3) is 33.6 Å². The summed E-state index contributed by atoms with van der Waals surface area (Å²) in [7, 11) is 8.04. The van der Waals surface area contributed by atoms with Crippen molar-refractivity contribution >= 4 is 63.9 Å². The number of nitrogens with zero attached hydrogens (tertiary/aromatic N) is 10. The molecule has 2 aromatic carbocycles. The van der Waals surface area contributed by atoms with Crippen molar-refractivity contribution in [1.82, 2.24) is 49.8 Å². The highest BCUT2D eigenvalue weighted by atomic mass is 35.5. The maximum absolute atomic E-state index is 13.5. The predicted molar refractivity (Wildman–Crippen MR) is 252 cm³/mol. The zero-order chi connectivity index (χ0) is 47.2. The van der Waals surface area contributed by atoms with Crippen LogP contribution >= 0.6 is 23.2 Å². The average molecular weight is 944 g/mol. The number of pyridine rings is 2. The second kappa shape index (κ2) is 23.0. The molecule has 0 unspecified atom stereocenters. The molecule has 5 heterocycles. The van der Waals surface area contributed by atoms with E-state index in [0.717, 1.165) is 25.9 Å². The van der Waals surface area contributed by atoms with Crippen molar-refractivity contribution in [3.8, 4) is 33.6 Å². The van der Waals surface area contributed by atoms with Crippen LogP contribution in [-0.2, 0) is 0 Å². The first-order valence-corrected chi connectivity index (χ1v) is 20.9. The molecule has 0 atom stereocenters. The second-order valence-electron chi connectivity index (χ2n) is 14.9. The van der Waals surface area contributed by atoms with E-state index in [1.807, 2.05) is 28.2 Å². The molecule has 23 heteroatoms. The van der Waals surface area contributed by atoms with Crippen LogP contribution in [0.15, 0.2) is 100 Å². The lowest BCUT2D eigenvalue weighted by molar-refractivity contribution is 0.318. The van der Waals surface area contributed by atoms with E-state index < -0.39 is 17.4 Å². The number of benzene rings is 2. The Morgan fingerprint density at radius 2 is 1.24 bits per heavy atom. The summed E-state index contributed by atoms with van der Waals surface area (Å²) in [6.45, 7) is 3.17. The zero-order valence-corrected chi connectivity index (χ0v) is 37.7. The topological polar surface area (TPSA) is 249 Å². The van der Waals surface area contributed by atoms with Gasteiger partial charge in [-0.3, -0.25) is 19.5 Å². The lowest BCUT2D eigenvalue weighted by atomic mass is 10.1. The van der Waals surface area contributed by atoms with Crippen LogP contribution < -0.4 is 32.8 Å². The van der Waals surface area contributed by atoms with Crippen LogP contribution in [0.2, 0.25) is 10.0 Å². The quantitative estimate of drug-likeness (QED) is 0.0146. The van der Waals surface area contributed by atoms with Crippen molar-refractivity contribution in [2.45, 2.75) is 12.8 Å². The first kappa shape index (κ1) is 48.1. The number of hydrogen-bond acceptors (Lipinski definition) is 17. The van der Waals surface area contributed by atoms with Crippen LogP contribution in [0, 0.1) is 11.6 Å². The molecule has 0 spiro atoms. The van der Waals surface area contributed by atoms with Gasteiger partial charge in [0.1, 0.15) is 23.3 Å². The van der Waals surface area contributed by atoms with E-state index in [4.69, 9.17) is 34.1 Å². The first-order valence-electron chi connectivity index (χ1n) is 20.2. The average Bonchev–Trinajstić information content (AvgIpc) is 3.75. The molecule has 0 aliphatic carbocycles. The largest absolute Gasteiger partial charge is 0.439 e. The van der Waals surface area contributed by atoms with Gasteiger partial charge in [-0.05, 0) is 103 Å². The molecule has 5 aromatic heterocycles. The highest BCUT2D eigenvalue weighted by molar-refractivity contribution is 6.31. The number of amidine groups is 1. The summed E-state index contributed by atoms with van der Waals surface area (Å²) in [6, 6.07) is 12.1. The van der Waals surface area contributed by atoms with Crippen molar-refractivity contribution in [1.29, 1.82) is 0 Å². The molecule has 0 amide bonds. The second-order valence-corrected chi connectivity index (χ2v) is 15.8. The van der Waals surface area contributed by atoms with Crippen LogP contribution in [0.5, 0.6) is 0 Å². The van der Waals surface area contributed by atoms with Crippen molar-refractivity contribution in [3.63, 3.8) is 0 Å². The highest BCUT2D eigenvalue weighted by Crippen LogP contribution is 2.31. The van der Waals surface area contributed by atoms with Crippen molar-refractivity contribution in [2.75, 3.05) is 75.6 Å². The molecule has 344 valence electrons. The number of H-pyrrole nitrogens is 1. The molecule has 19 nitrogen and oxygen atoms in total. The number of halogens is 4. The van der Waals surface area contributed by atoms with Crippen molar-refractivity contribution in [3.05, 3.63) is 124 Å². The number of anilines is 6. The molecular weight excluding hydrogens is 897 g/mol. The summed E-state index contributed by atoms with van der Waals surface area (Å²) in [5, 5.41) is 28.4. The Kier molecular flexibility index (Phi) is 16.8. The Balaban J connectivity index is 0.000000219. The Hall–Kier alpha value is -7.33. The van der Waals surface area contributed by atoms with E-state index in [0.29, 0.717) is 81.4 Å². The normalized spacial score (nSPS) is 11.3. The third kappa shape index (κ3) is 13.6. The van der Waals surface area contributed by atoms with Gasteiger partial charge in [0.25, 0.3) is 0 Å². The molecule has 0 radical (unpaired) electrons. The summed E-state index contributed by atoms with van der Waals surface area (Å²) in [5.41, 5.74) is 10.6. The van der Waals surface area contributed by atoms with E-state index in [1.54, 1.807) is 55.2 Å². The number of nitrogens with one attached hydrogen (secondary N) is 5. The predicted octanol–water partition coefficient (Wildman–Crippen LogP) is 7.31. The summed E-state index contributed by atoms with van der Waals surface area (Å²) in [6.07, 6.45) is 11.5. The minimum atomic E-state index is -0.650.